The summed E-state index contributed by atoms with van der Waals surface area (Å²) < 4.78 is 18.8. The van der Waals surface area contributed by atoms with Gasteiger partial charge in [-0.2, -0.15) is 0 Å². The number of ether oxygens (including phenoxy) is 3. The fourth-order valence-electron chi connectivity index (χ4n) is 3.48. The molecule has 1 N–H and O–H groups in total. The SMILES string of the molecule is COc1ccccc1CNc1c(-c2ccc3c(c2)OCCO3)nc2ncccn12. The molecule has 29 heavy (non-hydrogen) atoms. The van der Waals surface area contributed by atoms with Crippen molar-refractivity contribution in [2.24, 2.45) is 0 Å². The summed E-state index contributed by atoms with van der Waals surface area (Å²) in [5, 5.41) is 3.51. The van der Waals surface area contributed by atoms with E-state index in [0.29, 0.717) is 25.5 Å². The summed E-state index contributed by atoms with van der Waals surface area (Å²) in [5.74, 6) is 3.81. The minimum atomic E-state index is 0.544. The lowest BCUT2D eigenvalue weighted by atomic mass is 10.1. The number of imidazole rings is 1. The average molecular weight is 388 g/mol. The van der Waals surface area contributed by atoms with Crippen LogP contribution in [0.3, 0.4) is 0 Å². The van der Waals surface area contributed by atoms with Crippen LogP contribution in [0.25, 0.3) is 17.0 Å². The van der Waals surface area contributed by atoms with Crippen LogP contribution in [0.2, 0.25) is 0 Å². The monoisotopic (exact) mass is 388 g/mol. The van der Waals surface area contributed by atoms with Gasteiger partial charge in [-0.15, -0.1) is 0 Å². The number of nitrogens with zero attached hydrogens (tertiary/aromatic N) is 3. The van der Waals surface area contributed by atoms with E-state index in [1.807, 2.05) is 59.1 Å². The maximum atomic E-state index is 5.75. The molecule has 1 aliphatic heterocycles. The smallest absolute Gasteiger partial charge is 0.235 e. The zero-order chi connectivity index (χ0) is 19.6. The number of methoxy groups -OCH3 is 1. The van der Waals surface area contributed by atoms with Gasteiger partial charge in [-0.3, -0.25) is 4.40 Å². The molecule has 3 heterocycles. The summed E-state index contributed by atoms with van der Waals surface area (Å²) in [7, 11) is 1.68. The topological polar surface area (TPSA) is 69.9 Å². The second-order valence-electron chi connectivity index (χ2n) is 6.62. The lowest BCUT2D eigenvalue weighted by Gasteiger charge is -2.19. The fourth-order valence-corrected chi connectivity index (χ4v) is 3.48. The van der Waals surface area contributed by atoms with Crippen LogP contribution in [0.5, 0.6) is 17.2 Å². The minimum Gasteiger partial charge on any atom is -0.496 e. The van der Waals surface area contributed by atoms with E-state index in [-0.39, 0.29) is 0 Å². The summed E-state index contributed by atoms with van der Waals surface area (Å²) in [6.45, 7) is 1.70. The second-order valence-corrected chi connectivity index (χ2v) is 6.62. The van der Waals surface area contributed by atoms with Crippen LogP contribution in [0.1, 0.15) is 5.56 Å². The Hall–Kier alpha value is -3.74. The van der Waals surface area contributed by atoms with Crippen LogP contribution in [-0.4, -0.2) is 34.7 Å². The third-order valence-electron chi connectivity index (χ3n) is 4.86. The Morgan fingerprint density at radius 1 is 1.07 bits per heavy atom. The zero-order valence-electron chi connectivity index (χ0n) is 16.0. The van der Waals surface area contributed by atoms with Crippen LogP contribution in [0.4, 0.5) is 5.82 Å². The van der Waals surface area contributed by atoms with Crippen molar-refractivity contribution in [1.82, 2.24) is 14.4 Å². The summed E-state index contributed by atoms with van der Waals surface area (Å²) in [6, 6.07) is 15.7. The van der Waals surface area contributed by atoms with Crippen molar-refractivity contribution in [2.45, 2.75) is 6.54 Å². The molecule has 0 saturated heterocycles. The van der Waals surface area contributed by atoms with Gasteiger partial charge < -0.3 is 19.5 Å². The van der Waals surface area contributed by atoms with Gasteiger partial charge >= 0.3 is 0 Å². The van der Waals surface area contributed by atoms with Crippen molar-refractivity contribution in [3.63, 3.8) is 0 Å². The molecule has 4 aromatic rings. The normalized spacial score (nSPS) is 12.7. The van der Waals surface area contributed by atoms with Crippen molar-refractivity contribution in [3.05, 3.63) is 66.5 Å². The Balaban J connectivity index is 1.56. The van der Waals surface area contributed by atoms with Gasteiger partial charge in [0.05, 0.1) is 7.11 Å². The molecular weight excluding hydrogens is 368 g/mol. The zero-order valence-corrected chi connectivity index (χ0v) is 16.0. The Morgan fingerprint density at radius 3 is 2.83 bits per heavy atom. The quantitative estimate of drug-likeness (QED) is 0.561. The molecule has 0 unspecified atom stereocenters. The van der Waals surface area contributed by atoms with Crippen molar-refractivity contribution < 1.29 is 14.2 Å². The molecule has 0 spiro atoms. The molecule has 7 nitrogen and oxygen atoms in total. The largest absolute Gasteiger partial charge is 0.496 e. The Kier molecular flexibility index (Phi) is 4.40. The van der Waals surface area contributed by atoms with Gasteiger partial charge in [0, 0.05) is 30.1 Å². The number of rotatable bonds is 5. The number of para-hydroxylation sites is 1. The van der Waals surface area contributed by atoms with Crippen LogP contribution in [0.15, 0.2) is 60.9 Å². The highest BCUT2D eigenvalue weighted by molar-refractivity contribution is 5.77. The summed E-state index contributed by atoms with van der Waals surface area (Å²) in [4.78, 5) is 9.14. The van der Waals surface area contributed by atoms with Crippen LogP contribution in [-0.2, 0) is 6.54 Å². The molecule has 2 aromatic heterocycles. The number of benzene rings is 2. The minimum absolute atomic E-state index is 0.544. The number of hydrogen-bond acceptors (Lipinski definition) is 6. The van der Waals surface area contributed by atoms with E-state index in [9.17, 15) is 0 Å². The Morgan fingerprint density at radius 2 is 1.93 bits per heavy atom. The molecule has 0 atom stereocenters. The highest BCUT2D eigenvalue weighted by atomic mass is 16.6. The van der Waals surface area contributed by atoms with Crippen molar-refractivity contribution in [3.8, 4) is 28.5 Å². The van der Waals surface area contributed by atoms with Gasteiger partial charge in [0.1, 0.15) is 30.5 Å². The first-order valence-electron chi connectivity index (χ1n) is 9.42. The molecule has 0 saturated carbocycles. The standard InChI is InChI=1S/C22H20N4O3/c1-27-17-6-3-2-5-16(17)14-24-21-20(25-22-23-9-4-10-26(21)22)15-7-8-18-19(13-15)29-12-11-28-18/h2-10,13,24H,11-12,14H2,1H3. The van der Waals surface area contributed by atoms with Gasteiger partial charge in [-0.1, -0.05) is 18.2 Å². The first-order chi connectivity index (χ1) is 14.3. The van der Waals surface area contributed by atoms with Crippen molar-refractivity contribution in [2.75, 3.05) is 25.6 Å². The summed E-state index contributed by atoms with van der Waals surface area (Å²) in [6.07, 6.45) is 3.68. The van der Waals surface area contributed by atoms with Gasteiger partial charge in [0.15, 0.2) is 11.5 Å². The van der Waals surface area contributed by atoms with Gasteiger partial charge in [0.2, 0.25) is 5.78 Å². The van der Waals surface area contributed by atoms with E-state index in [0.717, 1.165) is 39.9 Å². The number of fused-ring (bicyclic) bond motifs is 2. The molecule has 0 bridgehead atoms. The molecule has 0 fully saturated rings. The van der Waals surface area contributed by atoms with E-state index in [1.54, 1.807) is 13.3 Å². The lowest BCUT2D eigenvalue weighted by Crippen LogP contribution is -2.15. The number of anilines is 1. The Labute approximate surface area is 167 Å². The first-order valence-corrected chi connectivity index (χ1v) is 9.42. The third kappa shape index (κ3) is 3.20. The molecule has 0 aliphatic carbocycles. The van der Waals surface area contributed by atoms with E-state index < -0.39 is 0 Å². The lowest BCUT2D eigenvalue weighted by molar-refractivity contribution is 0.171. The first kappa shape index (κ1) is 17.4. The molecular formula is C22H20N4O3. The van der Waals surface area contributed by atoms with Crippen LogP contribution < -0.4 is 19.5 Å². The highest BCUT2D eigenvalue weighted by Crippen LogP contribution is 2.37. The van der Waals surface area contributed by atoms with E-state index >= 15 is 0 Å². The van der Waals surface area contributed by atoms with Crippen molar-refractivity contribution in [1.29, 1.82) is 0 Å². The van der Waals surface area contributed by atoms with Gasteiger partial charge in [-0.25, -0.2) is 9.97 Å². The molecule has 0 amide bonds. The van der Waals surface area contributed by atoms with E-state index in [2.05, 4.69) is 10.3 Å². The number of hydrogen-bond donors (Lipinski definition) is 1. The van der Waals surface area contributed by atoms with Crippen LogP contribution >= 0.6 is 0 Å². The predicted molar refractivity (Wildman–Crippen MR) is 110 cm³/mol. The average Bonchev–Trinajstić information content (AvgIpc) is 3.16. The molecule has 7 heteroatoms. The van der Waals surface area contributed by atoms with Gasteiger partial charge in [-0.05, 0) is 30.3 Å². The fraction of sp³-hybridized carbons (Fsp3) is 0.182. The van der Waals surface area contributed by atoms with Crippen molar-refractivity contribution >= 4 is 11.6 Å². The van der Waals surface area contributed by atoms with E-state index in [4.69, 9.17) is 19.2 Å². The third-order valence-corrected chi connectivity index (χ3v) is 4.86. The van der Waals surface area contributed by atoms with Gasteiger partial charge in [0.25, 0.3) is 0 Å². The summed E-state index contributed by atoms with van der Waals surface area (Å²) >= 11 is 0. The Bertz CT molecular complexity index is 1170. The predicted octanol–water partition coefficient (Wildman–Crippen LogP) is 3.79. The van der Waals surface area contributed by atoms with E-state index in [1.165, 1.54) is 0 Å². The molecule has 1 aliphatic rings. The molecule has 5 rings (SSSR count). The number of aromatic nitrogens is 3. The second kappa shape index (κ2) is 7.35. The molecule has 0 radical (unpaired) electrons. The maximum absolute atomic E-state index is 5.75. The number of nitrogens with one attached hydrogen (secondary N) is 1. The summed E-state index contributed by atoms with van der Waals surface area (Å²) in [5.41, 5.74) is 2.79. The molecule has 146 valence electrons. The van der Waals surface area contributed by atoms with Crippen LogP contribution in [0, 0.1) is 0 Å². The highest BCUT2D eigenvalue weighted by Gasteiger charge is 2.18. The maximum Gasteiger partial charge on any atom is 0.235 e. The molecule has 2 aromatic carbocycles.